The quantitative estimate of drug-likeness (QED) is 0.0769. The van der Waals surface area contributed by atoms with E-state index in [0.29, 0.717) is 0 Å². The van der Waals surface area contributed by atoms with Gasteiger partial charge in [-0.05, 0) is 24.6 Å². The van der Waals surface area contributed by atoms with Crippen molar-refractivity contribution in [3.8, 4) is 0 Å². The lowest BCUT2D eigenvalue weighted by Crippen LogP contribution is -2.62. The topological polar surface area (TPSA) is 239 Å². The average molecular weight is 723 g/mol. The highest BCUT2D eigenvalue weighted by atomic mass is 16.8. The predicted octanol–water partition coefficient (Wildman–Crippen LogP) is -1.33. The molecule has 4 fully saturated rings. The molecule has 1 aliphatic carbocycles. The monoisotopic (exact) mass is 722 g/mol. The maximum Gasteiger partial charge on any atom is 0.331 e. The Morgan fingerprint density at radius 1 is 0.824 bits per heavy atom. The number of ether oxygens (including phenoxy) is 9. The number of esters is 3. The highest BCUT2D eigenvalue weighted by Crippen LogP contribution is 2.61. The summed E-state index contributed by atoms with van der Waals surface area (Å²) in [5, 5.41) is 51.2. The number of aliphatic hydroxyl groups is 5. The Bertz CT molecular complexity index is 1470. The minimum Gasteiger partial charge on any atom is -0.472 e. The Hall–Kier alpha value is -3.49. The summed E-state index contributed by atoms with van der Waals surface area (Å²) in [5.74, 6) is -3.71. The van der Waals surface area contributed by atoms with Gasteiger partial charge in [-0.1, -0.05) is 30.3 Å². The Morgan fingerprint density at radius 3 is 2.20 bits per heavy atom. The second kappa shape index (κ2) is 15.2. The third-order valence-corrected chi connectivity index (χ3v) is 9.68. The van der Waals surface area contributed by atoms with Crippen molar-refractivity contribution in [1.29, 1.82) is 0 Å². The van der Waals surface area contributed by atoms with Crippen molar-refractivity contribution in [2.24, 2.45) is 11.8 Å². The Kier molecular flexibility index (Phi) is 11.1. The molecule has 5 aliphatic rings. The third kappa shape index (κ3) is 7.41. The molecule has 17 nitrogen and oxygen atoms in total. The summed E-state index contributed by atoms with van der Waals surface area (Å²) >= 11 is 0. The maximum absolute atomic E-state index is 13.1. The van der Waals surface area contributed by atoms with Crippen molar-refractivity contribution in [2.45, 2.75) is 106 Å². The zero-order valence-corrected chi connectivity index (χ0v) is 27.9. The molecule has 0 spiro atoms. The van der Waals surface area contributed by atoms with Gasteiger partial charge in [0.2, 0.25) is 6.29 Å². The van der Waals surface area contributed by atoms with E-state index >= 15 is 0 Å². The van der Waals surface area contributed by atoms with Crippen LogP contribution in [0.25, 0.3) is 6.08 Å². The second-order valence-electron chi connectivity index (χ2n) is 13.0. The summed E-state index contributed by atoms with van der Waals surface area (Å²) in [6, 6.07) is 8.96. The van der Waals surface area contributed by atoms with Crippen LogP contribution < -0.4 is 0 Å². The van der Waals surface area contributed by atoms with Gasteiger partial charge >= 0.3 is 17.9 Å². The predicted molar refractivity (Wildman–Crippen MR) is 166 cm³/mol. The molecule has 16 atom stereocenters. The molecule has 17 heteroatoms. The molecule has 280 valence electrons. The first kappa shape index (κ1) is 37.3. The van der Waals surface area contributed by atoms with Gasteiger partial charge in [0.05, 0.1) is 37.6 Å². The Morgan fingerprint density at radius 2 is 1.53 bits per heavy atom. The van der Waals surface area contributed by atoms with Crippen LogP contribution in [0.1, 0.15) is 26.3 Å². The molecule has 0 bridgehead atoms. The van der Waals surface area contributed by atoms with E-state index in [0.717, 1.165) is 12.5 Å². The first-order chi connectivity index (χ1) is 24.4. The summed E-state index contributed by atoms with van der Waals surface area (Å²) in [7, 11) is 0. The molecule has 1 saturated carbocycles. The summed E-state index contributed by atoms with van der Waals surface area (Å²) in [6.07, 6.45) is -11.5. The number of epoxide rings is 1. The SMILES string of the molecule is CC(=O)O[C@@H]1[C@@H](OC(=O)/C=C/c2ccccc2)[C@@H](OC(C)=O)[C@H](O[C@H]2[C@H]3C=CO[C@@H](O[C@@H]4O[C@H](CO)[C@@H](O)[C@H](O)[C@H]4O)[C@@H]3[C@@]3(CO)O[C@@H]23)O[C@H]1C. The van der Waals surface area contributed by atoms with E-state index in [-0.39, 0.29) is 0 Å². The van der Waals surface area contributed by atoms with Crippen LogP contribution in [0.2, 0.25) is 0 Å². The maximum atomic E-state index is 13.1. The number of rotatable bonds is 11. The van der Waals surface area contributed by atoms with Gasteiger partial charge in [-0.15, -0.1) is 0 Å². The molecule has 4 heterocycles. The van der Waals surface area contributed by atoms with E-state index in [1.54, 1.807) is 37.3 Å². The summed E-state index contributed by atoms with van der Waals surface area (Å²) in [4.78, 5) is 37.6. The Labute approximate surface area is 292 Å². The van der Waals surface area contributed by atoms with Gasteiger partial charge < -0.3 is 68.2 Å². The number of hydrogen-bond acceptors (Lipinski definition) is 17. The smallest absolute Gasteiger partial charge is 0.331 e. The van der Waals surface area contributed by atoms with Crippen molar-refractivity contribution in [1.82, 2.24) is 0 Å². The molecule has 5 N–H and O–H groups in total. The number of hydrogen-bond donors (Lipinski definition) is 5. The van der Waals surface area contributed by atoms with Crippen LogP contribution in [-0.4, -0.2) is 142 Å². The lowest BCUT2D eigenvalue weighted by molar-refractivity contribution is -0.347. The molecule has 0 radical (unpaired) electrons. The first-order valence-corrected chi connectivity index (χ1v) is 16.5. The van der Waals surface area contributed by atoms with Gasteiger partial charge in [-0.2, -0.15) is 0 Å². The zero-order chi connectivity index (χ0) is 36.6. The lowest BCUT2D eigenvalue weighted by atomic mass is 9.85. The van der Waals surface area contributed by atoms with Crippen LogP contribution in [0, 0.1) is 11.8 Å². The summed E-state index contributed by atoms with van der Waals surface area (Å²) in [5.41, 5.74) is -0.556. The normalized spacial score (nSPS) is 42.7. The van der Waals surface area contributed by atoms with E-state index in [9.17, 15) is 39.9 Å². The number of benzene rings is 1. The van der Waals surface area contributed by atoms with E-state index < -0.39 is 128 Å². The molecular weight excluding hydrogens is 680 g/mol. The summed E-state index contributed by atoms with van der Waals surface area (Å²) in [6.45, 7) is 2.69. The molecule has 4 aliphatic heterocycles. The van der Waals surface area contributed by atoms with Crippen LogP contribution in [0.15, 0.2) is 48.7 Å². The number of fused-ring (bicyclic) bond motifs is 3. The molecular formula is C34H42O17. The van der Waals surface area contributed by atoms with Gasteiger partial charge in [0, 0.05) is 25.8 Å². The van der Waals surface area contributed by atoms with E-state index in [2.05, 4.69) is 0 Å². The van der Waals surface area contributed by atoms with Crippen molar-refractivity contribution in [3.63, 3.8) is 0 Å². The molecule has 1 aromatic carbocycles. The first-order valence-electron chi connectivity index (χ1n) is 16.5. The van der Waals surface area contributed by atoms with Crippen molar-refractivity contribution in [2.75, 3.05) is 13.2 Å². The molecule has 1 aromatic rings. The van der Waals surface area contributed by atoms with Crippen molar-refractivity contribution >= 4 is 24.0 Å². The van der Waals surface area contributed by atoms with Crippen LogP contribution in [0.3, 0.4) is 0 Å². The van der Waals surface area contributed by atoms with Crippen LogP contribution >= 0.6 is 0 Å². The number of carbonyl (C=O) groups is 3. The lowest BCUT2D eigenvalue weighted by Gasteiger charge is -2.45. The molecule has 0 unspecified atom stereocenters. The molecule has 51 heavy (non-hydrogen) atoms. The Balaban J connectivity index is 1.24. The zero-order valence-electron chi connectivity index (χ0n) is 27.9. The number of carbonyl (C=O) groups excluding carboxylic acids is 3. The fourth-order valence-corrected chi connectivity index (χ4v) is 7.25. The fourth-order valence-electron chi connectivity index (χ4n) is 7.25. The van der Waals surface area contributed by atoms with Crippen LogP contribution in [0.4, 0.5) is 0 Å². The van der Waals surface area contributed by atoms with E-state index in [1.165, 1.54) is 25.3 Å². The molecule has 0 aromatic heterocycles. The van der Waals surface area contributed by atoms with Gasteiger partial charge in [0.15, 0.2) is 30.9 Å². The minimum atomic E-state index is -1.72. The molecule has 0 amide bonds. The second-order valence-corrected chi connectivity index (χ2v) is 13.0. The van der Waals surface area contributed by atoms with Crippen LogP contribution in [0.5, 0.6) is 0 Å². The largest absolute Gasteiger partial charge is 0.472 e. The fraction of sp³-hybridized carbons (Fsp3) is 0.618. The van der Waals surface area contributed by atoms with E-state index in [4.69, 9.17) is 42.6 Å². The highest BCUT2D eigenvalue weighted by Gasteiger charge is 2.77. The van der Waals surface area contributed by atoms with Gasteiger partial charge in [0.1, 0.15) is 36.1 Å². The molecule has 3 saturated heterocycles. The summed E-state index contributed by atoms with van der Waals surface area (Å²) < 4.78 is 52.6. The van der Waals surface area contributed by atoms with Gasteiger partial charge in [-0.3, -0.25) is 9.59 Å². The van der Waals surface area contributed by atoms with Crippen molar-refractivity contribution < 1.29 is 82.5 Å². The standard InChI is InChI=1S/C34H42O17/c1-15-26(45-16(2)37)28(48-21(39)10-9-18-7-5-4-6-8-18)29(46-17(3)38)33(44-15)49-27-19-11-12-43-31(22(19)34(14-36)30(27)51-34)50-32-25(42)24(41)23(40)20(13-35)47-32/h4-12,15,19-20,22-33,35-36,40-42H,13-14H2,1-3H3/b10-9+/t15-,19-,20+,22+,23+,24-,25+,26-,27-,28+,29+,30-,31-,32-,33-,34+/m0/s1. The van der Waals surface area contributed by atoms with Crippen molar-refractivity contribution in [3.05, 3.63) is 54.3 Å². The third-order valence-electron chi connectivity index (χ3n) is 9.68. The molecule has 6 rings (SSSR count). The minimum absolute atomic E-state index is 0.512. The highest BCUT2D eigenvalue weighted by molar-refractivity contribution is 5.87. The van der Waals surface area contributed by atoms with E-state index in [1.807, 2.05) is 6.07 Å². The van der Waals surface area contributed by atoms with Gasteiger partial charge in [0.25, 0.3) is 0 Å². The number of aliphatic hydroxyl groups excluding tert-OH is 5. The van der Waals surface area contributed by atoms with Crippen LogP contribution in [-0.2, 0) is 57.0 Å². The van der Waals surface area contributed by atoms with Gasteiger partial charge in [-0.25, -0.2) is 4.79 Å². The average Bonchev–Trinajstić information content (AvgIpc) is 3.78.